The van der Waals surface area contributed by atoms with Crippen LogP contribution < -0.4 is 10.7 Å². The molecule has 0 saturated heterocycles. The monoisotopic (exact) mass is 586 g/mol. The third kappa shape index (κ3) is 5.35. The number of phenols is 1. The van der Waals surface area contributed by atoms with Gasteiger partial charge in [0, 0.05) is 33.9 Å². The number of benzene rings is 3. The Morgan fingerprint density at radius 1 is 1.06 bits per heavy atom. The molecule has 0 bridgehead atoms. The van der Waals surface area contributed by atoms with Crippen molar-refractivity contribution >= 4 is 66.5 Å². The summed E-state index contributed by atoms with van der Waals surface area (Å²) in [5.74, 6) is -1.11. The average molecular weight is 588 g/mol. The molecule has 7 nitrogen and oxygen atoms in total. The van der Waals surface area contributed by atoms with Gasteiger partial charge in [0.25, 0.3) is 5.91 Å². The molecule has 0 spiro atoms. The maximum Gasteiger partial charge on any atom is 0.271 e. The van der Waals surface area contributed by atoms with Crippen molar-refractivity contribution in [2.45, 2.75) is 6.54 Å². The first-order valence-electron chi connectivity index (χ1n) is 9.96. The lowest BCUT2D eigenvalue weighted by Crippen LogP contribution is -2.18. The number of aromatic hydroxyl groups is 1. The molecule has 0 aliphatic heterocycles. The topological polar surface area (TPSA) is 95.7 Å². The molecule has 3 aromatic carbocycles. The van der Waals surface area contributed by atoms with Crippen LogP contribution >= 0.6 is 31.9 Å². The number of nitrogens with zero attached hydrogens (tertiary/aromatic N) is 2. The lowest BCUT2D eigenvalue weighted by molar-refractivity contribution is -0.116. The number of fused-ring (bicyclic) bond motifs is 1. The highest BCUT2D eigenvalue weighted by atomic mass is 79.9. The molecule has 4 aromatic rings. The van der Waals surface area contributed by atoms with E-state index in [4.69, 9.17) is 0 Å². The van der Waals surface area contributed by atoms with Gasteiger partial charge in [0.1, 0.15) is 18.1 Å². The Morgan fingerprint density at radius 2 is 1.74 bits per heavy atom. The number of rotatable bonds is 6. The summed E-state index contributed by atoms with van der Waals surface area (Å²) in [6.45, 7) is 0.0354. The normalized spacial score (nSPS) is 11.1. The smallest absolute Gasteiger partial charge is 0.271 e. The van der Waals surface area contributed by atoms with Crippen LogP contribution in [0.3, 0.4) is 0 Å². The predicted molar refractivity (Wildman–Crippen MR) is 136 cm³/mol. The standard InChI is InChI=1S/C24H17Br2FN4O3/c25-19-9-14(10-20(26)23(19)33)24(34)30-28-11-15-12-31(21-4-2-1-3-18(15)21)13-22(32)29-17-7-5-16(27)6-8-17/h1-12,33H,13H2,(H,29,32)(H,30,34)/b28-11-. The number of hydrogen-bond acceptors (Lipinski definition) is 4. The molecule has 0 unspecified atom stereocenters. The van der Waals surface area contributed by atoms with E-state index >= 15 is 0 Å². The maximum absolute atomic E-state index is 13.1. The van der Waals surface area contributed by atoms with Gasteiger partial charge in [0.15, 0.2) is 0 Å². The summed E-state index contributed by atoms with van der Waals surface area (Å²) in [7, 11) is 0. The molecule has 2 amide bonds. The highest BCUT2D eigenvalue weighted by Gasteiger charge is 2.13. The first kappa shape index (κ1) is 23.7. The highest BCUT2D eigenvalue weighted by molar-refractivity contribution is 9.11. The van der Waals surface area contributed by atoms with Crippen LogP contribution in [-0.2, 0) is 11.3 Å². The van der Waals surface area contributed by atoms with Crippen molar-refractivity contribution in [1.82, 2.24) is 9.99 Å². The van der Waals surface area contributed by atoms with Crippen molar-refractivity contribution in [3.63, 3.8) is 0 Å². The number of anilines is 1. The van der Waals surface area contributed by atoms with Gasteiger partial charge >= 0.3 is 0 Å². The number of para-hydroxylation sites is 1. The van der Waals surface area contributed by atoms with Gasteiger partial charge < -0.3 is 15.0 Å². The van der Waals surface area contributed by atoms with E-state index in [0.717, 1.165) is 10.9 Å². The summed E-state index contributed by atoms with van der Waals surface area (Å²) in [5.41, 5.74) is 4.78. The van der Waals surface area contributed by atoms with Gasteiger partial charge in [-0.25, -0.2) is 9.82 Å². The van der Waals surface area contributed by atoms with Gasteiger partial charge in [-0.1, -0.05) is 18.2 Å². The molecule has 0 radical (unpaired) electrons. The minimum Gasteiger partial charge on any atom is -0.506 e. The Kier molecular flexibility index (Phi) is 7.09. The van der Waals surface area contributed by atoms with Gasteiger partial charge in [-0.15, -0.1) is 0 Å². The van der Waals surface area contributed by atoms with E-state index in [1.54, 1.807) is 10.8 Å². The van der Waals surface area contributed by atoms with Gasteiger partial charge in [0.05, 0.1) is 15.2 Å². The first-order chi connectivity index (χ1) is 16.3. The van der Waals surface area contributed by atoms with Crippen LogP contribution in [0.1, 0.15) is 15.9 Å². The minimum atomic E-state index is -0.458. The Balaban J connectivity index is 1.50. The number of carbonyl (C=O) groups excluding carboxylic acids is 2. The molecule has 34 heavy (non-hydrogen) atoms. The Morgan fingerprint density at radius 3 is 2.44 bits per heavy atom. The van der Waals surface area contributed by atoms with Gasteiger partial charge in [-0.2, -0.15) is 5.10 Å². The van der Waals surface area contributed by atoms with E-state index in [2.05, 4.69) is 47.7 Å². The number of phenolic OH excluding ortho intramolecular Hbond substituents is 1. The van der Waals surface area contributed by atoms with Gasteiger partial charge in [0.2, 0.25) is 5.91 Å². The molecule has 0 saturated carbocycles. The molecule has 0 atom stereocenters. The van der Waals surface area contributed by atoms with Crippen LogP contribution in [0.5, 0.6) is 5.75 Å². The molecule has 1 aromatic heterocycles. The first-order valence-corrected chi connectivity index (χ1v) is 11.5. The largest absolute Gasteiger partial charge is 0.506 e. The average Bonchev–Trinajstić information content (AvgIpc) is 3.16. The van der Waals surface area contributed by atoms with E-state index in [1.807, 2.05) is 24.3 Å². The van der Waals surface area contributed by atoms with E-state index in [1.165, 1.54) is 42.6 Å². The molecule has 0 aliphatic rings. The molecular formula is C24H17Br2FN4O3. The van der Waals surface area contributed by atoms with Crippen LogP contribution in [0.4, 0.5) is 10.1 Å². The zero-order valence-corrected chi connectivity index (χ0v) is 20.6. The second-order valence-electron chi connectivity index (χ2n) is 7.27. The van der Waals surface area contributed by atoms with Gasteiger partial charge in [-0.3, -0.25) is 9.59 Å². The molecular weight excluding hydrogens is 571 g/mol. The number of hydrogen-bond donors (Lipinski definition) is 3. The molecule has 0 fully saturated rings. The van der Waals surface area contributed by atoms with Crippen molar-refractivity contribution in [3.05, 3.63) is 92.8 Å². The molecule has 172 valence electrons. The van der Waals surface area contributed by atoms with Gasteiger partial charge in [-0.05, 0) is 74.3 Å². The molecule has 1 heterocycles. The number of aromatic nitrogens is 1. The van der Waals surface area contributed by atoms with Crippen molar-refractivity contribution in [1.29, 1.82) is 0 Å². The second kappa shape index (κ2) is 10.2. The predicted octanol–water partition coefficient (Wildman–Crippen LogP) is 5.41. The van der Waals surface area contributed by atoms with E-state index < -0.39 is 5.91 Å². The fourth-order valence-corrected chi connectivity index (χ4v) is 4.51. The van der Waals surface area contributed by atoms with Crippen molar-refractivity contribution in [2.75, 3.05) is 5.32 Å². The fraction of sp³-hybridized carbons (Fsp3) is 0.0417. The zero-order valence-electron chi connectivity index (χ0n) is 17.4. The summed E-state index contributed by atoms with van der Waals surface area (Å²) in [5, 5.41) is 17.4. The van der Waals surface area contributed by atoms with Crippen molar-refractivity contribution in [3.8, 4) is 5.75 Å². The van der Waals surface area contributed by atoms with Crippen LogP contribution in [0.25, 0.3) is 10.9 Å². The second-order valence-corrected chi connectivity index (χ2v) is 8.98. The van der Waals surface area contributed by atoms with Crippen LogP contribution in [-0.4, -0.2) is 27.7 Å². The number of nitrogens with one attached hydrogen (secondary N) is 2. The number of hydrazone groups is 1. The summed E-state index contributed by atoms with van der Waals surface area (Å²) in [6, 6.07) is 16.0. The quantitative estimate of drug-likeness (QED) is 0.208. The SMILES string of the molecule is O=C(Cn1cc(/C=N\NC(=O)c2cc(Br)c(O)c(Br)c2)c2ccccc21)Nc1ccc(F)cc1. The number of carbonyl (C=O) groups is 2. The zero-order chi connectivity index (χ0) is 24.2. The van der Waals surface area contributed by atoms with Crippen molar-refractivity contribution in [2.24, 2.45) is 5.10 Å². The van der Waals surface area contributed by atoms with E-state index in [9.17, 15) is 19.1 Å². The molecule has 4 rings (SSSR count). The molecule has 10 heteroatoms. The summed E-state index contributed by atoms with van der Waals surface area (Å²) in [6.07, 6.45) is 3.26. The van der Waals surface area contributed by atoms with E-state index in [-0.39, 0.29) is 24.0 Å². The van der Waals surface area contributed by atoms with Crippen LogP contribution in [0, 0.1) is 5.82 Å². The number of halogens is 3. The third-order valence-corrected chi connectivity index (χ3v) is 6.12. The summed E-state index contributed by atoms with van der Waals surface area (Å²) in [4.78, 5) is 24.9. The van der Waals surface area contributed by atoms with Crippen LogP contribution in [0.15, 0.2) is 80.9 Å². The van der Waals surface area contributed by atoms with Crippen molar-refractivity contribution < 1.29 is 19.1 Å². The highest BCUT2D eigenvalue weighted by Crippen LogP contribution is 2.33. The minimum absolute atomic E-state index is 0.00340. The Labute approximate surface area is 210 Å². The Bertz CT molecular complexity index is 1390. The number of amides is 2. The van der Waals surface area contributed by atoms with E-state index in [0.29, 0.717) is 25.8 Å². The maximum atomic E-state index is 13.1. The molecule has 0 aliphatic carbocycles. The summed E-state index contributed by atoms with van der Waals surface area (Å²) >= 11 is 6.39. The lowest BCUT2D eigenvalue weighted by atomic mass is 10.2. The van der Waals surface area contributed by atoms with Crippen LogP contribution in [0.2, 0.25) is 0 Å². The third-order valence-electron chi connectivity index (χ3n) is 4.91. The lowest BCUT2D eigenvalue weighted by Gasteiger charge is -2.07. The molecule has 3 N–H and O–H groups in total. The fourth-order valence-electron chi connectivity index (χ4n) is 3.32. The Hall–Kier alpha value is -3.50. The summed E-state index contributed by atoms with van der Waals surface area (Å²) < 4.78 is 15.6.